The first-order valence-corrected chi connectivity index (χ1v) is 9.57. The summed E-state index contributed by atoms with van der Waals surface area (Å²) in [5.41, 5.74) is 4.65. The molecule has 0 aromatic heterocycles. The van der Waals surface area contributed by atoms with Crippen LogP contribution in [-0.4, -0.2) is 67.7 Å². The highest BCUT2D eigenvalue weighted by Gasteiger charge is 2.24. The number of morpholine rings is 1. The third-order valence-corrected chi connectivity index (χ3v) is 4.49. The van der Waals surface area contributed by atoms with Gasteiger partial charge in [0, 0.05) is 25.3 Å². The second-order valence-corrected chi connectivity index (χ2v) is 6.58. The summed E-state index contributed by atoms with van der Waals surface area (Å²) in [6.07, 6.45) is 0.144. The molecule has 2 rings (SSSR count). The summed E-state index contributed by atoms with van der Waals surface area (Å²) in [6, 6.07) is 2.93. The van der Waals surface area contributed by atoms with Crippen molar-refractivity contribution in [1.82, 2.24) is 10.2 Å². The van der Waals surface area contributed by atoms with E-state index >= 15 is 0 Å². The Morgan fingerprint density at radius 2 is 2.00 bits per heavy atom. The average Bonchev–Trinajstić information content (AvgIpc) is 2.73. The highest BCUT2D eigenvalue weighted by atomic mass is 19.1. The highest BCUT2D eigenvalue weighted by molar-refractivity contribution is 6.19. The number of halogens is 2. The number of nitrogens with one attached hydrogen (secondary N) is 2. The molecule has 11 heteroatoms. The molecule has 1 aromatic carbocycles. The van der Waals surface area contributed by atoms with Gasteiger partial charge in [0.25, 0.3) is 0 Å². The van der Waals surface area contributed by atoms with Crippen molar-refractivity contribution in [2.24, 2.45) is 5.73 Å². The van der Waals surface area contributed by atoms with Crippen LogP contribution in [0.4, 0.5) is 8.78 Å². The first kappa shape index (κ1) is 23.9. The maximum atomic E-state index is 13.7. The van der Waals surface area contributed by atoms with E-state index in [2.05, 4.69) is 5.32 Å². The predicted molar refractivity (Wildman–Crippen MR) is 106 cm³/mol. The Hall–Kier alpha value is -3.34. The van der Waals surface area contributed by atoms with Crippen LogP contribution in [0.3, 0.4) is 0 Å². The number of nitrogens with two attached hydrogens (primary N) is 1. The minimum absolute atomic E-state index is 0.00000940. The van der Waals surface area contributed by atoms with Crippen molar-refractivity contribution in [2.75, 3.05) is 39.5 Å². The average molecular weight is 438 g/mol. The van der Waals surface area contributed by atoms with Crippen LogP contribution in [0.2, 0.25) is 0 Å². The number of carbonyl (C=O) groups is 3. The number of carbonyl (C=O) groups excluding carboxylic acids is 3. The lowest BCUT2D eigenvalue weighted by atomic mass is 10.1. The van der Waals surface area contributed by atoms with E-state index in [0.717, 1.165) is 18.2 Å². The molecule has 0 unspecified atom stereocenters. The van der Waals surface area contributed by atoms with Crippen LogP contribution in [0.25, 0.3) is 0 Å². The quantitative estimate of drug-likeness (QED) is 0.212. The molecular weight excluding hydrogens is 414 g/mol. The van der Waals surface area contributed by atoms with Crippen LogP contribution in [0.15, 0.2) is 29.6 Å². The summed E-state index contributed by atoms with van der Waals surface area (Å²) >= 11 is 0. The molecule has 1 fully saturated rings. The highest BCUT2D eigenvalue weighted by Crippen LogP contribution is 2.14. The van der Waals surface area contributed by atoms with Crippen molar-refractivity contribution in [3.05, 3.63) is 46.8 Å². The number of esters is 1. The molecule has 31 heavy (non-hydrogen) atoms. The normalized spacial score (nSPS) is 14.7. The second kappa shape index (κ2) is 11.2. The third-order valence-electron chi connectivity index (χ3n) is 4.49. The molecule has 4 N–H and O–H groups in total. The zero-order valence-corrected chi connectivity index (χ0v) is 17.0. The lowest BCUT2D eigenvalue weighted by Gasteiger charge is -2.27. The monoisotopic (exact) mass is 438 g/mol. The fourth-order valence-electron chi connectivity index (χ4n) is 2.81. The third kappa shape index (κ3) is 6.32. The van der Waals surface area contributed by atoms with Crippen molar-refractivity contribution in [1.29, 1.82) is 5.41 Å². The molecule has 0 spiro atoms. The minimum atomic E-state index is -1.08. The van der Waals surface area contributed by atoms with Crippen molar-refractivity contribution < 1.29 is 32.6 Å². The van der Waals surface area contributed by atoms with Crippen molar-refractivity contribution in [3.8, 4) is 0 Å². The topological polar surface area (TPSA) is 135 Å². The van der Waals surface area contributed by atoms with Crippen molar-refractivity contribution in [2.45, 2.75) is 13.3 Å². The first-order chi connectivity index (χ1) is 14.8. The number of nitrogens with zero attached hydrogens (tertiary/aromatic N) is 1. The summed E-state index contributed by atoms with van der Waals surface area (Å²) in [4.78, 5) is 37.8. The van der Waals surface area contributed by atoms with Gasteiger partial charge in [-0.2, -0.15) is 0 Å². The summed E-state index contributed by atoms with van der Waals surface area (Å²) in [5, 5.41) is 10.7. The summed E-state index contributed by atoms with van der Waals surface area (Å²) in [6.45, 7) is 2.05. The Morgan fingerprint density at radius 3 is 2.61 bits per heavy atom. The Kier molecular flexibility index (Phi) is 8.62. The van der Waals surface area contributed by atoms with Gasteiger partial charge in [0.1, 0.15) is 29.6 Å². The number of ether oxygens (including phenoxy) is 2. The van der Waals surface area contributed by atoms with Gasteiger partial charge in [0.15, 0.2) is 6.61 Å². The van der Waals surface area contributed by atoms with Crippen molar-refractivity contribution >= 4 is 23.4 Å². The largest absolute Gasteiger partial charge is 0.454 e. The van der Waals surface area contributed by atoms with Crippen LogP contribution >= 0.6 is 0 Å². The number of amides is 1. The van der Waals surface area contributed by atoms with Crippen LogP contribution in [0.1, 0.15) is 23.7 Å². The SMILES string of the molecule is CCC(=N)/C(C(=O)OCC(=O)c1c(F)cccc1F)=C(/N)NCCN1CCOCC1=O. The van der Waals surface area contributed by atoms with Gasteiger partial charge >= 0.3 is 5.97 Å². The van der Waals surface area contributed by atoms with E-state index in [1.54, 1.807) is 11.8 Å². The predicted octanol–water partition coefficient (Wildman–Crippen LogP) is 0.739. The lowest BCUT2D eigenvalue weighted by molar-refractivity contribution is -0.142. The van der Waals surface area contributed by atoms with Crippen LogP contribution in [0.5, 0.6) is 0 Å². The Morgan fingerprint density at radius 1 is 1.32 bits per heavy atom. The minimum Gasteiger partial charge on any atom is -0.454 e. The molecule has 9 nitrogen and oxygen atoms in total. The van der Waals surface area contributed by atoms with Crippen LogP contribution < -0.4 is 11.1 Å². The van der Waals surface area contributed by atoms with E-state index in [0.29, 0.717) is 19.7 Å². The van der Waals surface area contributed by atoms with E-state index in [-0.39, 0.29) is 42.6 Å². The smallest absolute Gasteiger partial charge is 0.344 e. The zero-order chi connectivity index (χ0) is 23.0. The molecule has 1 aromatic rings. The first-order valence-electron chi connectivity index (χ1n) is 9.57. The molecular formula is C20H24F2N4O5. The maximum absolute atomic E-state index is 13.7. The number of ketones is 1. The van der Waals surface area contributed by atoms with Gasteiger partial charge in [-0.25, -0.2) is 13.6 Å². The fourth-order valence-corrected chi connectivity index (χ4v) is 2.81. The number of benzene rings is 1. The van der Waals surface area contributed by atoms with Crippen molar-refractivity contribution in [3.63, 3.8) is 0 Å². The van der Waals surface area contributed by atoms with Gasteiger partial charge < -0.3 is 30.8 Å². The molecule has 1 amide bonds. The van der Waals surface area contributed by atoms with E-state index in [1.165, 1.54) is 0 Å². The Bertz CT molecular complexity index is 883. The standard InChI is InChI=1S/C20H24F2N4O5/c1-2-14(23)18(19(24)25-6-7-26-8-9-30-11-16(26)28)20(29)31-10-15(27)17-12(21)4-3-5-13(17)22/h3-5,23,25H,2,6-11,24H2,1H3/b19-18+,23-14?. The van der Waals surface area contributed by atoms with E-state index in [1.807, 2.05) is 0 Å². The van der Waals surface area contributed by atoms with E-state index in [4.69, 9.17) is 20.6 Å². The Labute approximate surface area is 177 Å². The second-order valence-electron chi connectivity index (χ2n) is 6.58. The molecule has 1 saturated heterocycles. The van der Waals surface area contributed by atoms with E-state index in [9.17, 15) is 23.2 Å². The lowest BCUT2D eigenvalue weighted by Crippen LogP contribution is -2.45. The molecule has 0 bridgehead atoms. The van der Waals surface area contributed by atoms with E-state index < -0.39 is 35.6 Å². The summed E-state index contributed by atoms with van der Waals surface area (Å²) < 4.78 is 37.3. The molecule has 0 atom stereocenters. The molecule has 168 valence electrons. The number of hydrogen-bond donors (Lipinski definition) is 3. The summed E-state index contributed by atoms with van der Waals surface area (Å²) in [5.74, 6) is -4.63. The van der Waals surface area contributed by atoms with Gasteiger partial charge in [0.2, 0.25) is 11.7 Å². The zero-order valence-electron chi connectivity index (χ0n) is 17.0. The molecule has 0 aliphatic carbocycles. The Balaban J connectivity index is 2.02. The number of rotatable bonds is 10. The number of hydrogen-bond acceptors (Lipinski definition) is 8. The molecule has 1 heterocycles. The fraction of sp³-hybridized carbons (Fsp3) is 0.400. The van der Waals surface area contributed by atoms with Crippen LogP contribution in [-0.2, 0) is 19.1 Å². The summed E-state index contributed by atoms with van der Waals surface area (Å²) in [7, 11) is 0. The number of Topliss-reactive ketones (excluding diaryl/α,β-unsaturated/α-hetero) is 1. The molecule has 0 saturated carbocycles. The molecule has 1 aliphatic heterocycles. The van der Waals surface area contributed by atoms with Gasteiger partial charge in [-0.05, 0) is 18.6 Å². The molecule has 1 aliphatic rings. The van der Waals surface area contributed by atoms with Gasteiger partial charge in [-0.3, -0.25) is 9.59 Å². The van der Waals surface area contributed by atoms with Gasteiger partial charge in [0.05, 0.1) is 12.2 Å². The van der Waals surface area contributed by atoms with Gasteiger partial charge in [-0.1, -0.05) is 13.0 Å². The maximum Gasteiger partial charge on any atom is 0.344 e. The molecule has 0 radical (unpaired) electrons. The van der Waals surface area contributed by atoms with Gasteiger partial charge in [-0.15, -0.1) is 0 Å². The van der Waals surface area contributed by atoms with Crippen LogP contribution in [0, 0.1) is 17.0 Å².